The second kappa shape index (κ2) is 4.29. The Morgan fingerprint density at radius 1 is 1.60 bits per heavy atom. The van der Waals surface area contributed by atoms with E-state index in [-0.39, 0.29) is 0 Å². The summed E-state index contributed by atoms with van der Waals surface area (Å²) in [5, 5.41) is 2.13. The molecule has 0 aliphatic carbocycles. The van der Waals surface area contributed by atoms with Gasteiger partial charge < -0.3 is 0 Å². The van der Waals surface area contributed by atoms with Crippen molar-refractivity contribution >= 4 is 11.3 Å². The first kappa shape index (κ1) is 7.55. The van der Waals surface area contributed by atoms with Gasteiger partial charge in [-0.1, -0.05) is 12.1 Å². The van der Waals surface area contributed by atoms with Crippen molar-refractivity contribution in [2.75, 3.05) is 0 Å². The normalized spacial score (nSPS) is 9.60. The van der Waals surface area contributed by atoms with Crippen LogP contribution < -0.4 is 0 Å². The van der Waals surface area contributed by atoms with Gasteiger partial charge in [0.05, 0.1) is 0 Å². The molecule has 0 aliphatic heterocycles. The van der Waals surface area contributed by atoms with Gasteiger partial charge in [-0.3, -0.25) is 0 Å². The van der Waals surface area contributed by atoms with E-state index in [9.17, 15) is 0 Å². The van der Waals surface area contributed by atoms with Crippen LogP contribution in [0.5, 0.6) is 0 Å². The molecule has 0 aliphatic rings. The molecule has 0 nitrogen and oxygen atoms in total. The second-order valence-corrected chi connectivity index (χ2v) is 3.29. The Labute approximate surface area is 66.2 Å². The molecule has 0 spiro atoms. The highest BCUT2D eigenvalue weighted by Crippen LogP contribution is 2.11. The molecule has 0 unspecified atom stereocenters. The van der Waals surface area contributed by atoms with E-state index in [0.717, 1.165) is 6.42 Å². The van der Waals surface area contributed by atoms with Gasteiger partial charge in [0.15, 0.2) is 0 Å². The zero-order chi connectivity index (χ0) is 7.23. The summed E-state index contributed by atoms with van der Waals surface area (Å²) in [6, 6.07) is 4.29. The molecule has 1 aromatic rings. The van der Waals surface area contributed by atoms with E-state index in [2.05, 4.69) is 24.1 Å². The molecule has 0 fully saturated rings. The predicted octanol–water partition coefficient (Wildman–Crippen LogP) is 3.26. The lowest BCUT2D eigenvalue weighted by molar-refractivity contribution is 0.856. The molecule has 54 valence electrons. The molecule has 0 atom stereocenters. The van der Waals surface area contributed by atoms with Gasteiger partial charge in [-0.05, 0) is 30.7 Å². The van der Waals surface area contributed by atoms with Gasteiger partial charge in [0, 0.05) is 4.88 Å². The molecule has 0 amide bonds. The lowest BCUT2D eigenvalue weighted by atomic mass is 10.2. The molecular formula is C9H12S. The molecule has 1 heteroatoms. The van der Waals surface area contributed by atoms with Crippen LogP contribution in [0.2, 0.25) is 0 Å². The van der Waals surface area contributed by atoms with E-state index in [0.29, 0.717) is 0 Å². The number of allylic oxidation sites excluding steroid dienone is 1. The van der Waals surface area contributed by atoms with E-state index in [1.165, 1.54) is 17.7 Å². The van der Waals surface area contributed by atoms with Gasteiger partial charge in [0.1, 0.15) is 0 Å². The maximum Gasteiger partial charge on any atom is 0.00453 e. The maximum absolute atomic E-state index is 3.68. The van der Waals surface area contributed by atoms with Crippen molar-refractivity contribution in [2.45, 2.75) is 19.3 Å². The molecule has 0 radical (unpaired) electrons. The van der Waals surface area contributed by atoms with E-state index in [4.69, 9.17) is 0 Å². The molecule has 10 heavy (non-hydrogen) atoms. The molecule has 0 N–H and O–H groups in total. The van der Waals surface area contributed by atoms with Crippen molar-refractivity contribution in [1.29, 1.82) is 0 Å². The lowest BCUT2D eigenvalue weighted by Crippen LogP contribution is -1.76. The van der Waals surface area contributed by atoms with E-state index in [1.807, 2.05) is 17.4 Å². The van der Waals surface area contributed by atoms with Crippen molar-refractivity contribution < 1.29 is 0 Å². The number of hydrogen-bond donors (Lipinski definition) is 0. The smallest absolute Gasteiger partial charge is 0.00453 e. The minimum absolute atomic E-state index is 1.14. The van der Waals surface area contributed by atoms with Gasteiger partial charge in [-0.2, -0.15) is 0 Å². The van der Waals surface area contributed by atoms with Crippen LogP contribution in [0.15, 0.2) is 30.2 Å². The number of hydrogen-bond acceptors (Lipinski definition) is 1. The van der Waals surface area contributed by atoms with Gasteiger partial charge >= 0.3 is 0 Å². The maximum atomic E-state index is 3.68. The molecule has 1 rings (SSSR count). The van der Waals surface area contributed by atoms with E-state index < -0.39 is 0 Å². The molecule has 1 heterocycles. The fourth-order valence-corrected chi connectivity index (χ4v) is 1.63. The Morgan fingerprint density at radius 3 is 3.10 bits per heavy atom. The average molecular weight is 152 g/mol. The van der Waals surface area contributed by atoms with Gasteiger partial charge in [-0.15, -0.1) is 17.9 Å². The molecule has 1 aromatic heterocycles. The number of unbranched alkanes of at least 4 members (excludes halogenated alkanes) is 1. The molecule has 0 saturated carbocycles. The first-order valence-electron chi connectivity index (χ1n) is 3.57. The van der Waals surface area contributed by atoms with Crippen molar-refractivity contribution in [3.63, 3.8) is 0 Å². The third kappa shape index (κ3) is 2.36. The van der Waals surface area contributed by atoms with Crippen LogP contribution in [0.3, 0.4) is 0 Å². The predicted molar refractivity (Wildman–Crippen MR) is 47.5 cm³/mol. The monoisotopic (exact) mass is 152 g/mol. The van der Waals surface area contributed by atoms with Crippen molar-refractivity contribution in [2.24, 2.45) is 0 Å². The average Bonchev–Trinajstić information content (AvgIpc) is 2.41. The van der Waals surface area contributed by atoms with Crippen molar-refractivity contribution in [3.05, 3.63) is 35.0 Å². The van der Waals surface area contributed by atoms with E-state index in [1.54, 1.807) is 0 Å². The Morgan fingerprint density at radius 2 is 2.50 bits per heavy atom. The van der Waals surface area contributed by atoms with E-state index >= 15 is 0 Å². The summed E-state index contributed by atoms with van der Waals surface area (Å²) in [4.78, 5) is 1.49. The first-order chi connectivity index (χ1) is 4.93. The van der Waals surface area contributed by atoms with Gasteiger partial charge in [0.2, 0.25) is 0 Å². The van der Waals surface area contributed by atoms with Crippen LogP contribution in [0.1, 0.15) is 17.7 Å². The highest BCUT2D eigenvalue weighted by atomic mass is 32.1. The first-order valence-corrected chi connectivity index (χ1v) is 4.44. The molecule has 0 bridgehead atoms. The minimum atomic E-state index is 1.14. The minimum Gasteiger partial charge on any atom is -0.149 e. The highest BCUT2D eigenvalue weighted by molar-refractivity contribution is 7.09. The van der Waals surface area contributed by atoms with Crippen LogP contribution in [-0.4, -0.2) is 0 Å². The number of thiophene rings is 1. The van der Waals surface area contributed by atoms with Crippen molar-refractivity contribution in [3.8, 4) is 0 Å². The van der Waals surface area contributed by atoms with Crippen LogP contribution in [-0.2, 0) is 6.42 Å². The second-order valence-electron chi connectivity index (χ2n) is 2.26. The summed E-state index contributed by atoms with van der Waals surface area (Å²) in [7, 11) is 0. The summed E-state index contributed by atoms with van der Waals surface area (Å²) in [5.41, 5.74) is 0. The Bertz CT molecular complexity index is 175. The van der Waals surface area contributed by atoms with Gasteiger partial charge in [-0.25, -0.2) is 0 Å². The highest BCUT2D eigenvalue weighted by Gasteiger charge is 1.90. The summed E-state index contributed by atoms with van der Waals surface area (Å²) < 4.78 is 0. The third-order valence-corrected chi connectivity index (χ3v) is 2.35. The number of aryl methyl sites for hydroxylation is 1. The molecule has 0 aromatic carbocycles. The van der Waals surface area contributed by atoms with Gasteiger partial charge in [0.25, 0.3) is 0 Å². The Hall–Kier alpha value is -0.560. The van der Waals surface area contributed by atoms with Crippen molar-refractivity contribution in [1.82, 2.24) is 0 Å². The Balaban J connectivity index is 2.21. The van der Waals surface area contributed by atoms with Crippen LogP contribution in [0.25, 0.3) is 0 Å². The van der Waals surface area contributed by atoms with Crippen LogP contribution >= 0.6 is 11.3 Å². The quantitative estimate of drug-likeness (QED) is 0.459. The summed E-state index contributed by atoms with van der Waals surface area (Å²) >= 11 is 1.84. The third-order valence-electron chi connectivity index (χ3n) is 1.41. The topological polar surface area (TPSA) is 0 Å². The fraction of sp³-hybridized carbons (Fsp3) is 0.333. The lowest BCUT2D eigenvalue weighted by Gasteiger charge is -1.91. The number of rotatable bonds is 4. The zero-order valence-corrected chi connectivity index (χ0v) is 6.86. The molecular weight excluding hydrogens is 140 g/mol. The summed E-state index contributed by atoms with van der Waals surface area (Å²) in [5.74, 6) is 0. The standard InChI is InChI=1S/C9H12S/c1-2-3-4-6-9-7-5-8-10-9/h2,5,7-8H,1,3-4,6H2. The van der Waals surface area contributed by atoms with Crippen LogP contribution in [0.4, 0.5) is 0 Å². The van der Waals surface area contributed by atoms with Crippen LogP contribution in [0, 0.1) is 0 Å². The largest absolute Gasteiger partial charge is 0.149 e. The summed E-state index contributed by atoms with van der Waals surface area (Å²) in [6.07, 6.45) is 5.57. The Kier molecular flexibility index (Phi) is 3.23. The fourth-order valence-electron chi connectivity index (χ4n) is 0.875. The SMILES string of the molecule is C=CCCCc1cccs1. The molecule has 0 saturated heterocycles. The zero-order valence-electron chi connectivity index (χ0n) is 6.05. The summed E-state index contributed by atoms with van der Waals surface area (Å²) in [6.45, 7) is 3.68.